The molecule has 0 saturated heterocycles. The fraction of sp³-hybridized carbons (Fsp3) is 0.250. The Morgan fingerprint density at radius 2 is 1.91 bits per heavy atom. The maximum absolute atomic E-state index is 12.6. The molecule has 1 aromatic rings. The van der Waals surface area contributed by atoms with E-state index in [0.29, 0.717) is 0 Å². The van der Waals surface area contributed by atoms with Gasteiger partial charge in [-0.2, -0.15) is 0 Å². The molecule has 0 aliphatic rings. The average Bonchev–Trinajstić information content (AvgIpc) is 1.88. The van der Waals surface area contributed by atoms with Crippen molar-refractivity contribution in [3.63, 3.8) is 0 Å². The van der Waals surface area contributed by atoms with Crippen LogP contribution in [0.1, 0.15) is 18.6 Å². The molecule has 1 aromatic carbocycles. The van der Waals surface area contributed by atoms with E-state index in [0.717, 1.165) is 0 Å². The van der Waals surface area contributed by atoms with E-state index in [9.17, 15) is 9.50 Å². The van der Waals surface area contributed by atoms with E-state index >= 15 is 0 Å². The van der Waals surface area contributed by atoms with Crippen molar-refractivity contribution in [3.05, 3.63) is 35.6 Å². The first kappa shape index (κ1) is 11.1. The van der Waals surface area contributed by atoms with E-state index in [-0.39, 0.29) is 35.1 Å². The van der Waals surface area contributed by atoms with Crippen LogP contribution >= 0.6 is 0 Å². The first-order chi connectivity index (χ1) is 4.72. The minimum Gasteiger partial charge on any atom is -0.849 e. The van der Waals surface area contributed by atoms with Crippen molar-refractivity contribution in [2.45, 2.75) is 13.0 Å². The van der Waals surface area contributed by atoms with Gasteiger partial charge < -0.3 is 5.11 Å². The van der Waals surface area contributed by atoms with Gasteiger partial charge in [0.1, 0.15) is 5.82 Å². The molecule has 1 atom stereocenters. The van der Waals surface area contributed by atoms with Crippen molar-refractivity contribution in [3.8, 4) is 0 Å². The van der Waals surface area contributed by atoms with Gasteiger partial charge in [-0.25, -0.2) is 4.39 Å². The number of hydrogen-bond acceptors (Lipinski definition) is 1. The predicted molar refractivity (Wildman–Crippen MR) is 34.8 cm³/mol. The Kier molecular flexibility index (Phi) is 4.93. The number of rotatable bonds is 1. The molecule has 0 aromatic heterocycles. The standard InChI is InChI=1S/C8H8FO.Na/c1-6(10)7-4-2-3-5-8(7)9;/h2-6H,1H3;/q-1;+1/t6-;/m1./s1. The van der Waals surface area contributed by atoms with Gasteiger partial charge in [0.25, 0.3) is 0 Å². The molecular formula is C8H8FNaO. The molecule has 0 aliphatic carbocycles. The van der Waals surface area contributed by atoms with Gasteiger partial charge in [-0.15, -0.1) is 6.10 Å². The van der Waals surface area contributed by atoms with Gasteiger partial charge in [0, 0.05) is 0 Å². The maximum atomic E-state index is 12.6. The fourth-order valence-electron chi connectivity index (χ4n) is 0.805. The smallest absolute Gasteiger partial charge is 0.849 e. The van der Waals surface area contributed by atoms with Gasteiger partial charge in [0.15, 0.2) is 0 Å². The zero-order valence-corrected chi connectivity index (χ0v) is 8.67. The summed E-state index contributed by atoms with van der Waals surface area (Å²) in [6.45, 7) is 1.43. The summed E-state index contributed by atoms with van der Waals surface area (Å²) in [4.78, 5) is 0. The molecule has 1 rings (SSSR count). The summed E-state index contributed by atoms with van der Waals surface area (Å²) < 4.78 is 12.6. The molecule has 54 valence electrons. The number of benzene rings is 1. The minimum absolute atomic E-state index is 0. The van der Waals surface area contributed by atoms with Gasteiger partial charge in [-0.3, -0.25) is 0 Å². The van der Waals surface area contributed by atoms with Gasteiger partial charge in [0.05, 0.1) is 0 Å². The van der Waals surface area contributed by atoms with Crippen LogP contribution in [0.4, 0.5) is 4.39 Å². The van der Waals surface area contributed by atoms with E-state index in [1.807, 2.05) is 0 Å². The largest absolute Gasteiger partial charge is 1.00 e. The van der Waals surface area contributed by atoms with Crippen molar-refractivity contribution in [1.82, 2.24) is 0 Å². The van der Waals surface area contributed by atoms with Crippen LogP contribution in [0.15, 0.2) is 24.3 Å². The molecule has 1 nitrogen and oxygen atoms in total. The van der Waals surface area contributed by atoms with Crippen molar-refractivity contribution in [2.75, 3.05) is 0 Å². The third kappa shape index (κ3) is 2.91. The second-order valence-electron chi connectivity index (χ2n) is 2.16. The van der Waals surface area contributed by atoms with Gasteiger partial charge in [-0.1, -0.05) is 25.1 Å². The SMILES string of the molecule is C[C@@H]([O-])c1ccccc1F.[Na+]. The molecule has 0 amide bonds. The van der Waals surface area contributed by atoms with E-state index in [2.05, 4.69) is 0 Å². The van der Waals surface area contributed by atoms with Crippen molar-refractivity contribution in [2.24, 2.45) is 0 Å². The molecule has 0 spiro atoms. The fourth-order valence-corrected chi connectivity index (χ4v) is 0.805. The predicted octanol–water partition coefficient (Wildman–Crippen LogP) is -1.75. The Morgan fingerprint density at radius 1 is 1.36 bits per heavy atom. The molecule has 3 heteroatoms. The van der Waals surface area contributed by atoms with Crippen molar-refractivity contribution < 1.29 is 39.1 Å². The normalized spacial score (nSPS) is 11.9. The third-order valence-corrected chi connectivity index (χ3v) is 1.34. The molecule has 0 saturated carbocycles. The zero-order chi connectivity index (χ0) is 7.56. The third-order valence-electron chi connectivity index (χ3n) is 1.34. The Balaban J connectivity index is 0.000001000. The minimum atomic E-state index is -0.971. The van der Waals surface area contributed by atoms with Gasteiger partial charge in [-0.05, 0) is 11.6 Å². The molecule has 0 unspecified atom stereocenters. The Morgan fingerprint density at radius 3 is 2.27 bits per heavy atom. The molecular weight excluding hydrogens is 154 g/mol. The molecule has 0 bridgehead atoms. The van der Waals surface area contributed by atoms with Crippen LogP contribution in [0, 0.1) is 5.82 Å². The second kappa shape index (κ2) is 4.88. The van der Waals surface area contributed by atoms with Crippen LogP contribution in [0.25, 0.3) is 0 Å². The first-order valence-electron chi connectivity index (χ1n) is 3.12. The van der Waals surface area contributed by atoms with E-state index in [4.69, 9.17) is 0 Å². The number of hydrogen-bond donors (Lipinski definition) is 0. The molecule has 0 heterocycles. The van der Waals surface area contributed by atoms with E-state index < -0.39 is 11.9 Å². The van der Waals surface area contributed by atoms with Crippen LogP contribution in [0.2, 0.25) is 0 Å². The van der Waals surface area contributed by atoms with Crippen LogP contribution in [-0.2, 0) is 0 Å². The molecule has 11 heavy (non-hydrogen) atoms. The van der Waals surface area contributed by atoms with E-state index in [1.165, 1.54) is 19.1 Å². The van der Waals surface area contributed by atoms with Crippen LogP contribution in [0.5, 0.6) is 0 Å². The molecule has 0 aliphatic heterocycles. The Bertz CT molecular complexity index is 225. The summed E-state index contributed by atoms with van der Waals surface area (Å²) in [5.74, 6) is -0.412. The van der Waals surface area contributed by atoms with E-state index in [1.54, 1.807) is 12.1 Å². The summed E-state index contributed by atoms with van der Waals surface area (Å²) in [5.41, 5.74) is 0.238. The monoisotopic (exact) mass is 162 g/mol. The summed E-state index contributed by atoms with van der Waals surface area (Å²) >= 11 is 0. The maximum Gasteiger partial charge on any atom is 1.00 e. The second-order valence-corrected chi connectivity index (χ2v) is 2.16. The summed E-state index contributed by atoms with van der Waals surface area (Å²) in [7, 11) is 0. The quantitative estimate of drug-likeness (QED) is 0.449. The molecule has 0 fully saturated rings. The summed E-state index contributed by atoms with van der Waals surface area (Å²) in [6, 6.07) is 6.03. The van der Waals surface area contributed by atoms with Crippen LogP contribution in [0.3, 0.4) is 0 Å². The Labute approximate surface area is 87.5 Å². The van der Waals surface area contributed by atoms with Crippen LogP contribution < -0.4 is 34.7 Å². The summed E-state index contributed by atoms with van der Waals surface area (Å²) in [5, 5.41) is 10.7. The van der Waals surface area contributed by atoms with Crippen molar-refractivity contribution in [1.29, 1.82) is 0 Å². The van der Waals surface area contributed by atoms with Crippen LogP contribution in [-0.4, -0.2) is 0 Å². The average molecular weight is 162 g/mol. The van der Waals surface area contributed by atoms with Gasteiger partial charge >= 0.3 is 29.6 Å². The van der Waals surface area contributed by atoms with Crippen molar-refractivity contribution >= 4 is 0 Å². The first-order valence-corrected chi connectivity index (χ1v) is 3.12. The zero-order valence-electron chi connectivity index (χ0n) is 6.67. The topological polar surface area (TPSA) is 23.1 Å². The number of halogens is 1. The molecule has 0 radical (unpaired) electrons. The summed E-state index contributed by atoms with van der Waals surface area (Å²) in [6.07, 6.45) is -0.971. The van der Waals surface area contributed by atoms with Gasteiger partial charge in [0.2, 0.25) is 0 Å². The molecule has 0 N–H and O–H groups in total. The Hall–Kier alpha value is 0.110.